The molecular weight excluding hydrogens is 700 g/mol. The highest BCUT2D eigenvalue weighted by atomic mass is 16.7. The van der Waals surface area contributed by atoms with Crippen molar-refractivity contribution in [3.05, 3.63) is 11.6 Å². The lowest BCUT2D eigenvalue weighted by Crippen LogP contribution is -2.70. The Kier molecular flexibility index (Phi) is 12.0. The van der Waals surface area contributed by atoms with Crippen molar-refractivity contribution in [1.82, 2.24) is 0 Å². The van der Waals surface area contributed by atoms with Crippen LogP contribution in [0.15, 0.2) is 11.6 Å². The second-order valence-corrected chi connectivity index (χ2v) is 19.8. The molecule has 312 valence electrons. The molecule has 2 aliphatic heterocycles. The SMILES string of the molecule is CC(C)=CCC[C@](C)(O[C@@H]1O[C@H](CO)[C@@H](O)[C@H](O)[C@H]1O)[C@H]1CC[C@]2(C)[C@@H]1[C@H](O)C[C@@H]1[C@]3(C)CC[C@@H](O)C(C)(C)[C@H]3[C@@H](O[C@@H]3OC[C@@H](O)[C@H](O)[C@H]3O)C[C@]12C. The van der Waals surface area contributed by atoms with Crippen molar-refractivity contribution < 1.29 is 64.9 Å². The van der Waals surface area contributed by atoms with Gasteiger partial charge in [-0.15, -0.1) is 0 Å². The second-order valence-electron chi connectivity index (χ2n) is 19.8. The largest absolute Gasteiger partial charge is 0.394 e. The van der Waals surface area contributed by atoms with E-state index in [1.165, 1.54) is 0 Å². The van der Waals surface area contributed by atoms with Gasteiger partial charge in [-0.2, -0.15) is 0 Å². The minimum absolute atomic E-state index is 0.0459. The van der Waals surface area contributed by atoms with Crippen LogP contribution in [0.3, 0.4) is 0 Å². The summed E-state index contributed by atoms with van der Waals surface area (Å²) in [7, 11) is 0. The maximum absolute atomic E-state index is 12.5. The fourth-order valence-corrected chi connectivity index (χ4v) is 13.2. The molecule has 4 aliphatic carbocycles. The maximum Gasteiger partial charge on any atom is 0.187 e. The van der Waals surface area contributed by atoms with Crippen LogP contribution in [0.1, 0.15) is 107 Å². The first kappa shape index (κ1) is 42.8. The van der Waals surface area contributed by atoms with Crippen molar-refractivity contribution in [2.75, 3.05) is 13.2 Å². The van der Waals surface area contributed by atoms with Gasteiger partial charge < -0.3 is 64.9 Å². The van der Waals surface area contributed by atoms with Gasteiger partial charge in [0.25, 0.3) is 0 Å². The highest BCUT2D eigenvalue weighted by Gasteiger charge is 2.74. The van der Waals surface area contributed by atoms with Crippen LogP contribution in [0.2, 0.25) is 0 Å². The van der Waals surface area contributed by atoms with Crippen molar-refractivity contribution in [2.45, 2.75) is 186 Å². The lowest BCUT2D eigenvalue weighted by Gasteiger charge is -2.72. The number of aliphatic hydroxyl groups is 9. The normalized spacial score (nSPS) is 52.8. The van der Waals surface area contributed by atoms with Crippen LogP contribution in [-0.2, 0) is 18.9 Å². The van der Waals surface area contributed by atoms with Crippen LogP contribution in [0.4, 0.5) is 0 Å². The van der Waals surface area contributed by atoms with Gasteiger partial charge in [0.2, 0.25) is 0 Å². The Morgan fingerprint density at radius 3 is 2.13 bits per heavy atom. The number of rotatable bonds is 9. The van der Waals surface area contributed by atoms with E-state index < -0.39 is 102 Å². The van der Waals surface area contributed by atoms with E-state index in [9.17, 15) is 46.0 Å². The van der Waals surface area contributed by atoms with Gasteiger partial charge >= 0.3 is 0 Å². The molecule has 0 aromatic heterocycles. The molecule has 0 unspecified atom stereocenters. The third-order valence-electron chi connectivity index (χ3n) is 16.2. The second kappa shape index (κ2) is 15.1. The third-order valence-corrected chi connectivity index (χ3v) is 16.2. The molecule has 0 aromatic rings. The van der Waals surface area contributed by atoms with E-state index in [2.05, 4.69) is 40.7 Å². The van der Waals surface area contributed by atoms with Crippen LogP contribution < -0.4 is 0 Å². The average molecular weight is 771 g/mol. The van der Waals surface area contributed by atoms with E-state index in [0.717, 1.165) is 18.4 Å². The molecule has 4 saturated carbocycles. The molecule has 0 amide bonds. The molecule has 54 heavy (non-hydrogen) atoms. The van der Waals surface area contributed by atoms with Gasteiger partial charge in [-0.1, -0.05) is 46.3 Å². The average Bonchev–Trinajstić information content (AvgIpc) is 3.48. The molecule has 0 aromatic carbocycles. The number of ether oxygens (including phenoxy) is 4. The van der Waals surface area contributed by atoms with Crippen molar-refractivity contribution in [3.63, 3.8) is 0 Å². The van der Waals surface area contributed by atoms with Crippen LogP contribution in [0.5, 0.6) is 0 Å². The molecule has 13 heteroatoms. The minimum atomic E-state index is -1.58. The van der Waals surface area contributed by atoms with Gasteiger partial charge in [-0.05, 0) is 117 Å². The van der Waals surface area contributed by atoms with Crippen LogP contribution in [0.25, 0.3) is 0 Å². The molecule has 9 N–H and O–H groups in total. The van der Waals surface area contributed by atoms with Crippen LogP contribution in [-0.4, -0.2) is 138 Å². The van der Waals surface area contributed by atoms with Gasteiger partial charge in [-0.3, -0.25) is 0 Å². The van der Waals surface area contributed by atoms with Crippen molar-refractivity contribution in [3.8, 4) is 0 Å². The topological polar surface area (TPSA) is 219 Å². The zero-order valence-corrected chi connectivity index (χ0v) is 33.5. The Labute approximate surface area is 320 Å². The van der Waals surface area contributed by atoms with Gasteiger partial charge in [0.1, 0.15) is 42.7 Å². The van der Waals surface area contributed by atoms with E-state index in [1.807, 2.05) is 20.8 Å². The Morgan fingerprint density at radius 1 is 0.815 bits per heavy atom. The first-order chi connectivity index (χ1) is 25.1. The molecule has 0 bridgehead atoms. The van der Waals surface area contributed by atoms with Crippen molar-refractivity contribution >= 4 is 0 Å². The molecule has 6 aliphatic rings. The number of allylic oxidation sites excluding steroid dienone is 2. The lowest BCUT2D eigenvalue weighted by atomic mass is 9.34. The van der Waals surface area contributed by atoms with Gasteiger partial charge in [0.05, 0.1) is 37.1 Å². The number of fused-ring (bicyclic) bond motifs is 5. The quantitative estimate of drug-likeness (QED) is 0.121. The summed E-state index contributed by atoms with van der Waals surface area (Å²) >= 11 is 0. The predicted octanol–water partition coefficient (Wildman–Crippen LogP) is 1.76. The van der Waals surface area contributed by atoms with Gasteiger partial charge in [0.15, 0.2) is 12.6 Å². The Morgan fingerprint density at radius 2 is 1.48 bits per heavy atom. The summed E-state index contributed by atoms with van der Waals surface area (Å²) in [5.74, 6) is -0.593. The predicted molar refractivity (Wildman–Crippen MR) is 196 cm³/mol. The fraction of sp³-hybridized carbons (Fsp3) is 0.951. The molecule has 2 saturated heterocycles. The van der Waals surface area contributed by atoms with E-state index in [1.54, 1.807) is 0 Å². The first-order valence-electron chi connectivity index (χ1n) is 20.4. The highest BCUT2D eigenvalue weighted by molar-refractivity contribution is 5.22. The summed E-state index contributed by atoms with van der Waals surface area (Å²) in [6, 6.07) is 0. The molecule has 13 nitrogen and oxygen atoms in total. The molecule has 0 spiro atoms. The Balaban J connectivity index is 1.38. The zero-order chi connectivity index (χ0) is 39.9. The first-order valence-corrected chi connectivity index (χ1v) is 20.4. The van der Waals surface area contributed by atoms with Crippen molar-refractivity contribution in [2.24, 2.45) is 45.3 Å². The molecule has 20 atom stereocenters. The molecule has 6 fully saturated rings. The summed E-state index contributed by atoms with van der Waals surface area (Å²) in [5.41, 5.74) is -1.65. The van der Waals surface area contributed by atoms with E-state index in [0.29, 0.717) is 38.5 Å². The van der Waals surface area contributed by atoms with E-state index in [4.69, 9.17) is 18.9 Å². The zero-order valence-electron chi connectivity index (χ0n) is 33.5. The summed E-state index contributed by atoms with van der Waals surface area (Å²) in [5, 5.41) is 98.0. The standard InChI is InChI=1S/C41H70O13/c1-20(2)10-9-13-41(8,54-36-33(50)31(48)30(47)25(18-42)53-36)21-11-15-39(6)28(21)22(43)16-26-38(5)14-12-27(45)37(3,4)34(38)24(17-40(26,39)7)52-35-32(49)29(46)23(44)19-51-35/h10,21-36,42-50H,9,11-19H2,1-8H3/t21-,22+,23+,24-,25+,26+,27+,28-,29-,30+,31-,32+,33+,34+,35-,36-,38-,39+,40+,41-/m0/s1. The molecule has 2 heterocycles. The Bertz CT molecular complexity index is 1360. The molecule has 6 rings (SSSR count). The van der Waals surface area contributed by atoms with Crippen molar-refractivity contribution in [1.29, 1.82) is 0 Å². The third kappa shape index (κ3) is 6.76. The smallest absolute Gasteiger partial charge is 0.187 e. The maximum atomic E-state index is 12.5. The number of aliphatic hydroxyl groups excluding tert-OH is 9. The van der Waals surface area contributed by atoms with Gasteiger partial charge in [0, 0.05) is 0 Å². The summed E-state index contributed by atoms with van der Waals surface area (Å²) in [4.78, 5) is 0. The number of hydrogen-bond acceptors (Lipinski definition) is 13. The number of hydrogen-bond donors (Lipinski definition) is 9. The lowest BCUT2D eigenvalue weighted by molar-refractivity contribution is -0.341. The monoisotopic (exact) mass is 770 g/mol. The van der Waals surface area contributed by atoms with Crippen LogP contribution >= 0.6 is 0 Å². The summed E-state index contributed by atoms with van der Waals surface area (Å²) in [6.45, 7) is 16.3. The van der Waals surface area contributed by atoms with Gasteiger partial charge in [-0.25, -0.2) is 0 Å². The highest BCUT2D eigenvalue weighted by Crippen LogP contribution is 2.76. The van der Waals surface area contributed by atoms with E-state index in [-0.39, 0.29) is 35.7 Å². The summed E-state index contributed by atoms with van der Waals surface area (Å²) < 4.78 is 25.3. The summed E-state index contributed by atoms with van der Waals surface area (Å²) in [6.07, 6.45) is -7.04. The van der Waals surface area contributed by atoms with E-state index >= 15 is 0 Å². The Hall–Kier alpha value is -0.780. The minimum Gasteiger partial charge on any atom is -0.394 e. The molecular formula is C41H70O13. The van der Waals surface area contributed by atoms with Crippen LogP contribution in [0, 0.1) is 45.3 Å². The fourth-order valence-electron chi connectivity index (χ4n) is 13.2. The molecule has 0 radical (unpaired) electrons.